The van der Waals surface area contributed by atoms with Gasteiger partial charge in [0.15, 0.2) is 0 Å². The van der Waals surface area contributed by atoms with Gasteiger partial charge in [-0.2, -0.15) is 0 Å². The second-order valence-corrected chi connectivity index (χ2v) is 4.68. The van der Waals surface area contributed by atoms with Gasteiger partial charge in [-0.1, -0.05) is 0 Å². The molecule has 0 radical (unpaired) electrons. The van der Waals surface area contributed by atoms with Crippen molar-refractivity contribution in [3.8, 4) is 0 Å². The zero-order valence-corrected chi connectivity index (χ0v) is 12.5. The first-order valence-electron chi connectivity index (χ1n) is 4.17. The van der Waals surface area contributed by atoms with E-state index in [1.54, 1.807) is 7.11 Å². The predicted octanol–water partition coefficient (Wildman–Crippen LogP) is -0.252. The van der Waals surface area contributed by atoms with Crippen LogP contribution in [0.4, 0.5) is 0 Å². The van der Waals surface area contributed by atoms with Crippen LogP contribution in [-0.2, 0) is 13.3 Å². The minimum absolute atomic E-state index is 0.329. The molecule has 0 saturated carbocycles. The first-order chi connectivity index (χ1) is 5.54. The van der Waals surface area contributed by atoms with E-state index in [0.717, 1.165) is 10.5 Å². The summed E-state index contributed by atoms with van der Waals surface area (Å²) in [7, 11) is 1.87. The molecule has 76 valence electrons. The van der Waals surface area contributed by atoms with Gasteiger partial charge in [0.25, 0.3) is 0 Å². The van der Waals surface area contributed by atoms with E-state index in [0.29, 0.717) is 12.2 Å². The summed E-state index contributed by atoms with van der Waals surface area (Å²) in [6.45, 7) is 8.10. The van der Waals surface area contributed by atoms with E-state index < -0.39 is 10.0 Å². The number of hydrogen-bond acceptors (Lipinski definition) is 3. The standard InChI is InChI=1S/C6H16O2Si.CH6OSi/c1-5(2)7-9-8-6(3)4;1-2-3/h5-6H,9H2,1-4H3;1,3H3. The highest BCUT2D eigenvalue weighted by Gasteiger charge is 1.95. The van der Waals surface area contributed by atoms with Crippen LogP contribution >= 0.6 is 0 Å². The Morgan fingerprint density at radius 3 is 1.42 bits per heavy atom. The highest BCUT2D eigenvalue weighted by Crippen LogP contribution is 1.89. The molecule has 12 heavy (non-hydrogen) atoms. The first-order valence-corrected chi connectivity index (χ1v) is 6.15. The van der Waals surface area contributed by atoms with Gasteiger partial charge in [0.05, 0.1) is 0 Å². The summed E-state index contributed by atoms with van der Waals surface area (Å²) in [5.41, 5.74) is 0. The molecule has 0 spiro atoms. The summed E-state index contributed by atoms with van der Waals surface area (Å²) in [4.78, 5) is 0. The minimum atomic E-state index is -0.684. The van der Waals surface area contributed by atoms with Gasteiger partial charge in [0, 0.05) is 19.3 Å². The molecule has 0 saturated heterocycles. The average Bonchev–Trinajstić information content (AvgIpc) is 1.87. The molecule has 0 aliphatic heterocycles. The Hall–Kier alpha value is 0.314. The molecular formula is C7H22O3Si2. The molecule has 0 unspecified atom stereocenters. The van der Waals surface area contributed by atoms with E-state index in [-0.39, 0.29) is 0 Å². The third-order valence-corrected chi connectivity index (χ3v) is 2.41. The predicted molar refractivity (Wildman–Crippen MR) is 57.9 cm³/mol. The smallest absolute Gasteiger partial charge is 0.304 e. The van der Waals surface area contributed by atoms with Gasteiger partial charge >= 0.3 is 10.0 Å². The quantitative estimate of drug-likeness (QED) is 0.599. The fourth-order valence-corrected chi connectivity index (χ4v) is 0.934. The van der Waals surface area contributed by atoms with Crippen LogP contribution in [0.5, 0.6) is 0 Å². The number of hydrogen-bond donors (Lipinski definition) is 0. The third kappa shape index (κ3) is 22.4. The van der Waals surface area contributed by atoms with Gasteiger partial charge in [0.1, 0.15) is 10.5 Å². The monoisotopic (exact) mass is 210 g/mol. The Labute approximate surface area is 81.4 Å². The Bertz CT molecular complexity index is 71.1. The lowest BCUT2D eigenvalue weighted by Gasteiger charge is -2.09. The van der Waals surface area contributed by atoms with E-state index in [1.165, 1.54) is 0 Å². The molecule has 3 nitrogen and oxygen atoms in total. The molecule has 0 rings (SSSR count). The van der Waals surface area contributed by atoms with Crippen molar-refractivity contribution in [1.82, 2.24) is 0 Å². The van der Waals surface area contributed by atoms with Crippen LogP contribution in [0.2, 0.25) is 0 Å². The van der Waals surface area contributed by atoms with E-state index >= 15 is 0 Å². The lowest BCUT2D eigenvalue weighted by Crippen LogP contribution is -2.14. The fourth-order valence-electron chi connectivity index (χ4n) is 0.311. The first kappa shape index (κ1) is 14.8. The molecule has 0 bridgehead atoms. The van der Waals surface area contributed by atoms with Crippen LogP contribution in [0.3, 0.4) is 0 Å². The van der Waals surface area contributed by atoms with Gasteiger partial charge < -0.3 is 13.3 Å². The third-order valence-electron chi connectivity index (χ3n) is 0.803. The van der Waals surface area contributed by atoms with Crippen LogP contribution in [0.1, 0.15) is 27.7 Å². The Kier molecular flexibility index (Phi) is 14.0. The molecule has 5 heteroatoms. The van der Waals surface area contributed by atoms with Crippen molar-refractivity contribution in [3.63, 3.8) is 0 Å². The summed E-state index contributed by atoms with van der Waals surface area (Å²) in [5.74, 6) is 0. The van der Waals surface area contributed by atoms with Gasteiger partial charge in [-0.3, -0.25) is 0 Å². The molecule has 0 N–H and O–H groups in total. The van der Waals surface area contributed by atoms with Crippen molar-refractivity contribution in [2.45, 2.75) is 39.9 Å². The molecule has 0 amide bonds. The molecule has 0 aliphatic carbocycles. The second kappa shape index (κ2) is 11.3. The zero-order chi connectivity index (χ0) is 9.98. The second-order valence-electron chi connectivity index (χ2n) is 2.96. The van der Waals surface area contributed by atoms with E-state index in [4.69, 9.17) is 8.85 Å². The molecule has 0 aliphatic rings. The Morgan fingerprint density at radius 1 is 1.00 bits per heavy atom. The summed E-state index contributed by atoms with van der Waals surface area (Å²) < 4.78 is 14.9. The van der Waals surface area contributed by atoms with Crippen molar-refractivity contribution in [1.29, 1.82) is 0 Å². The van der Waals surface area contributed by atoms with Crippen LogP contribution in [0.25, 0.3) is 0 Å². The average molecular weight is 210 g/mol. The van der Waals surface area contributed by atoms with Gasteiger partial charge in [-0.25, -0.2) is 0 Å². The van der Waals surface area contributed by atoms with Crippen LogP contribution in [0, 0.1) is 0 Å². The highest BCUT2D eigenvalue weighted by molar-refractivity contribution is 6.18. The summed E-state index contributed by atoms with van der Waals surface area (Å²) in [6.07, 6.45) is 0.658. The van der Waals surface area contributed by atoms with Crippen LogP contribution in [-0.4, -0.2) is 39.8 Å². The van der Waals surface area contributed by atoms with Crippen molar-refractivity contribution >= 4 is 20.5 Å². The Morgan fingerprint density at radius 2 is 1.25 bits per heavy atom. The molecule has 0 aromatic rings. The molecule has 0 heterocycles. The molecule has 0 atom stereocenters. The SMILES string of the molecule is CC(C)O[SiH2]OC(C)C.CO[SiH3]. The van der Waals surface area contributed by atoms with Crippen LogP contribution < -0.4 is 0 Å². The molecule has 0 aromatic carbocycles. The summed E-state index contributed by atoms with van der Waals surface area (Å²) in [6, 6.07) is 0. The van der Waals surface area contributed by atoms with E-state index in [1.807, 2.05) is 27.7 Å². The molecular weight excluding hydrogens is 188 g/mol. The van der Waals surface area contributed by atoms with Gasteiger partial charge in [-0.05, 0) is 27.7 Å². The lowest BCUT2D eigenvalue weighted by molar-refractivity contribution is 0.152. The summed E-state index contributed by atoms with van der Waals surface area (Å²) >= 11 is 0. The minimum Gasteiger partial charge on any atom is -0.431 e. The normalized spacial score (nSPS) is 10.2. The fraction of sp³-hybridized carbons (Fsp3) is 1.00. The van der Waals surface area contributed by atoms with Gasteiger partial charge in [-0.15, -0.1) is 0 Å². The maximum Gasteiger partial charge on any atom is 0.304 e. The van der Waals surface area contributed by atoms with Crippen molar-refractivity contribution in [2.75, 3.05) is 7.11 Å². The molecule has 0 fully saturated rings. The van der Waals surface area contributed by atoms with E-state index in [2.05, 4.69) is 4.43 Å². The molecule has 0 aromatic heterocycles. The lowest BCUT2D eigenvalue weighted by atomic mass is 10.5. The number of rotatable bonds is 4. The maximum absolute atomic E-state index is 5.27. The van der Waals surface area contributed by atoms with Crippen molar-refractivity contribution in [3.05, 3.63) is 0 Å². The van der Waals surface area contributed by atoms with Crippen molar-refractivity contribution in [2.24, 2.45) is 0 Å². The Balaban J connectivity index is 0. The maximum atomic E-state index is 5.27. The van der Waals surface area contributed by atoms with Crippen LogP contribution in [0.15, 0.2) is 0 Å². The van der Waals surface area contributed by atoms with E-state index in [9.17, 15) is 0 Å². The van der Waals surface area contributed by atoms with Crippen molar-refractivity contribution < 1.29 is 13.3 Å². The topological polar surface area (TPSA) is 27.7 Å². The highest BCUT2D eigenvalue weighted by atomic mass is 28.3. The summed E-state index contributed by atoms with van der Waals surface area (Å²) in [5, 5.41) is 0. The largest absolute Gasteiger partial charge is 0.431 e. The zero-order valence-electron chi connectivity index (χ0n) is 9.09. The van der Waals surface area contributed by atoms with Gasteiger partial charge in [0.2, 0.25) is 0 Å².